The van der Waals surface area contributed by atoms with Crippen molar-refractivity contribution in [1.29, 1.82) is 0 Å². The van der Waals surface area contributed by atoms with Gasteiger partial charge in [0.15, 0.2) is 0 Å². The normalized spacial score (nSPS) is 17.8. The average molecular weight is 285 g/mol. The molecule has 0 N–H and O–H groups in total. The lowest BCUT2D eigenvalue weighted by Gasteiger charge is -2.16. The maximum Gasteiger partial charge on any atom is 0.0316 e. The molecule has 1 atom stereocenters. The summed E-state index contributed by atoms with van der Waals surface area (Å²) >= 11 is 3.68. The zero-order chi connectivity index (χ0) is 11.8. The summed E-state index contributed by atoms with van der Waals surface area (Å²) < 4.78 is 1.21. The molecule has 0 saturated heterocycles. The van der Waals surface area contributed by atoms with Crippen LogP contribution in [-0.4, -0.2) is 0 Å². The minimum Gasteiger partial charge on any atom is -0.0622 e. The molecule has 3 rings (SSSR count). The summed E-state index contributed by atoms with van der Waals surface area (Å²) in [5.74, 6) is 0.404. The molecule has 0 fully saturated rings. The number of fused-ring (bicyclic) bond motifs is 1. The van der Waals surface area contributed by atoms with Crippen molar-refractivity contribution in [1.82, 2.24) is 0 Å². The van der Waals surface area contributed by atoms with E-state index in [1.54, 1.807) is 0 Å². The van der Waals surface area contributed by atoms with E-state index in [4.69, 9.17) is 0 Å². The lowest BCUT2D eigenvalue weighted by Crippen LogP contribution is -2.00. The molecule has 2 aromatic rings. The van der Waals surface area contributed by atoms with Crippen LogP contribution in [0.25, 0.3) is 6.08 Å². The van der Waals surface area contributed by atoms with Gasteiger partial charge in [0.1, 0.15) is 0 Å². The molecule has 17 heavy (non-hydrogen) atoms. The molecule has 0 aliphatic heterocycles. The molecule has 1 aliphatic carbocycles. The summed E-state index contributed by atoms with van der Waals surface area (Å²) in [6.07, 6.45) is 2.29. The van der Waals surface area contributed by atoms with Gasteiger partial charge in [-0.2, -0.15) is 0 Å². The Morgan fingerprint density at radius 2 is 1.71 bits per heavy atom. The van der Waals surface area contributed by atoms with Crippen LogP contribution in [0.5, 0.6) is 0 Å². The predicted molar refractivity (Wildman–Crippen MR) is 76.1 cm³/mol. The molecule has 1 heteroatoms. The summed E-state index contributed by atoms with van der Waals surface area (Å²) in [4.78, 5) is 0. The molecular formula is C16H13Br. The van der Waals surface area contributed by atoms with Gasteiger partial charge in [0.2, 0.25) is 0 Å². The van der Waals surface area contributed by atoms with Crippen LogP contribution in [0.1, 0.15) is 29.5 Å². The Labute approximate surface area is 110 Å². The van der Waals surface area contributed by atoms with E-state index in [-0.39, 0.29) is 0 Å². The smallest absolute Gasteiger partial charge is 0.0316 e. The molecule has 0 radical (unpaired) electrons. The monoisotopic (exact) mass is 284 g/mol. The SMILES string of the molecule is CC1=Cc2cccc(Br)c2C1c1ccccc1. The van der Waals surface area contributed by atoms with Crippen LogP contribution in [0.4, 0.5) is 0 Å². The fraction of sp³-hybridized carbons (Fsp3) is 0.125. The quantitative estimate of drug-likeness (QED) is 0.691. The van der Waals surface area contributed by atoms with Gasteiger partial charge in [-0.05, 0) is 29.7 Å². The standard InChI is InChI=1S/C16H13Br/c1-11-10-13-8-5-9-14(17)16(13)15(11)12-6-3-2-4-7-12/h2-10,15H,1H3. The van der Waals surface area contributed by atoms with Gasteiger partial charge in [-0.1, -0.05) is 70.0 Å². The summed E-state index contributed by atoms with van der Waals surface area (Å²) in [6, 6.07) is 17.1. The highest BCUT2D eigenvalue weighted by atomic mass is 79.9. The van der Waals surface area contributed by atoms with Crippen LogP contribution in [-0.2, 0) is 0 Å². The van der Waals surface area contributed by atoms with Gasteiger partial charge >= 0.3 is 0 Å². The van der Waals surface area contributed by atoms with Gasteiger partial charge in [0, 0.05) is 10.4 Å². The highest BCUT2D eigenvalue weighted by Crippen LogP contribution is 2.43. The molecule has 1 unspecified atom stereocenters. The summed E-state index contributed by atoms with van der Waals surface area (Å²) in [7, 11) is 0. The number of rotatable bonds is 1. The van der Waals surface area contributed by atoms with E-state index in [0.29, 0.717) is 5.92 Å². The highest BCUT2D eigenvalue weighted by molar-refractivity contribution is 9.10. The topological polar surface area (TPSA) is 0 Å². The van der Waals surface area contributed by atoms with Crippen molar-refractivity contribution in [3.63, 3.8) is 0 Å². The van der Waals surface area contributed by atoms with Crippen LogP contribution in [0, 0.1) is 0 Å². The Morgan fingerprint density at radius 1 is 0.941 bits per heavy atom. The first-order valence-corrected chi connectivity index (χ1v) is 6.58. The summed E-state index contributed by atoms with van der Waals surface area (Å²) in [5, 5.41) is 0. The van der Waals surface area contributed by atoms with Crippen molar-refractivity contribution in [2.45, 2.75) is 12.8 Å². The molecule has 0 heterocycles. The fourth-order valence-corrected chi connectivity index (χ4v) is 3.23. The lowest BCUT2D eigenvalue weighted by atomic mass is 9.89. The van der Waals surface area contributed by atoms with E-state index in [9.17, 15) is 0 Å². The van der Waals surface area contributed by atoms with Crippen molar-refractivity contribution in [2.24, 2.45) is 0 Å². The van der Waals surface area contributed by atoms with Gasteiger partial charge in [-0.15, -0.1) is 0 Å². The summed E-state index contributed by atoms with van der Waals surface area (Å²) in [6.45, 7) is 2.21. The Balaban J connectivity index is 2.19. The van der Waals surface area contributed by atoms with Gasteiger partial charge in [-0.25, -0.2) is 0 Å². The van der Waals surface area contributed by atoms with Crippen LogP contribution in [0.2, 0.25) is 0 Å². The number of benzene rings is 2. The van der Waals surface area contributed by atoms with Crippen molar-refractivity contribution >= 4 is 22.0 Å². The molecule has 0 saturated carbocycles. The number of allylic oxidation sites excluding steroid dienone is 1. The minimum absolute atomic E-state index is 0.404. The van der Waals surface area contributed by atoms with Gasteiger partial charge in [0.05, 0.1) is 0 Å². The van der Waals surface area contributed by atoms with E-state index < -0.39 is 0 Å². The average Bonchev–Trinajstić information content (AvgIpc) is 2.68. The van der Waals surface area contributed by atoms with E-state index in [0.717, 1.165) is 0 Å². The van der Waals surface area contributed by atoms with Crippen molar-refractivity contribution in [2.75, 3.05) is 0 Å². The summed E-state index contributed by atoms with van der Waals surface area (Å²) in [5.41, 5.74) is 5.52. The van der Waals surface area contributed by atoms with Crippen LogP contribution in [0.15, 0.2) is 58.6 Å². The largest absolute Gasteiger partial charge is 0.0622 e. The predicted octanol–water partition coefficient (Wildman–Crippen LogP) is 5.00. The molecule has 0 amide bonds. The molecule has 84 valence electrons. The van der Waals surface area contributed by atoms with Gasteiger partial charge < -0.3 is 0 Å². The second-order valence-electron chi connectivity index (χ2n) is 4.47. The molecule has 0 spiro atoms. The third kappa shape index (κ3) is 1.75. The van der Waals surface area contributed by atoms with E-state index in [1.807, 2.05) is 0 Å². The number of hydrogen-bond donors (Lipinski definition) is 0. The first-order valence-electron chi connectivity index (χ1n) is 5.79. The van der Waals surface area contributed by atoms with Crippen molar-refractivity contribution < 1.29 is 0 Å². The lowest BCUT2D eigenvalue weighted by molar-refractivity contribution is 0.970. The van der Waals surface area contributed by atoms with Crippen molar-refractivity contribution in [3.05, 3.63) is 75.3 Å². The second kappa shape index (κ2) is 4.15. The third-order valence-corrected chi connectivity index (χ3v) is 4.04. The van der Waals surface area contributed by atoms with Gasteiger partial charge in [-0.3, -0.25) is 0 Å². The maximum absolute atomic E-state index is 3.68. The fourth-order valence-electron chi connectivity index (χ4n) is 2.62. The Morgan fingerprint density at radius 3 is 2.47 bits per heavy atom. The zero-order valence-corrected chi connectivity index (χ0v) is 11.2. The Kier molecular flexibility index (Phi) is 2.64. The third-order valence-electron chi connectivity index (χ3n) is 3.35. The highest BCUT2D eigenvalue weighted by Gasteiger charge is 2.25. The molecule has 0 bridgehead atoms. The maximum atomic E-state index is 3.68. The minimum atomic E-state index is 0.404. The molecular weight excluding hydrogens is 272 g/mol. The zero-order valence-electron chi connectivity index (χ0n) is 9.65. The molecule has 2 aromatic carbocycles. The molecule has 1 aliphatic rings. The Bertz CT molecular complexity index is 582. The van der Waals surface area contributed by atoms with Crippen molar-refractivity contribution in [3.8, 4) is 0 Å². The van der Waals surface area contributed by atoms with E-state index in [1.165, 1.54) is 26.7 Å². The molecule has 0 aromatic heterocycles. The van der Waals surface area contributed by atoms with Crippen LogP contribution >= 0.6 is 15.9 Å². The van der Waals surface area contributed by atoms with Gasteiger partial charge in [0.25, 0.3) is 0 Å². The molecule has 0 nitrogen and oxygen atoms in total. The van der Waals surface area contributed by atoms with E-state index in [2.05, 4.69) is 77.5 Å². The second-order valence-corrected chi connectivity index (χ2v) is 5.33. The van der Waals surface area contributed by atoms with E-state index >= 15 is 0 Å². The van der Waals surface area contributed by atoms with Crippen LogP contribution in [0.3, 0.4) is 0 Å². The Hall–Kier alpha value is -1.34. The number of hydrogen-bond acceptors (Lipinski definition) is 0. The van der Waals surface area contributed by atoms with Crippen LogP contribution < -0.4 is 0 Å². The first kappa shape index (κ1) is 10.8. The number of halogens is 1. The first-order chi connectivity index (χ1) is 8.27.